The molecule has 0 aliphatic heterocycles. The minimum absolute atomic E-state index is 0.253. The van der Waals surface area contributed by atoms with Crippen molar-refractivity contribution in [1.29, 1.82) is 0 Å². The second kappa shape index (κ2) is 6.81. The summed E-state index contributed by atoms with van der Waals surface area (Å²) < 4.78 is 7.54. The zero-order valence-corrected chi connectivity index (χ0v) is 15.7. The van der Waals surface area contributed by atoms with Gasteiger partial charge >= 0.3 is 0 Å². The molecular formula is C14H11Br3N2O2. The summed E-state index contributed by atoms with van der Waals surface area (Å²) in [6.07, 6.45) is 0. The van der Waals surface area contributed by atoms with Gasteiger partial charge in [0.1, 0.15) is 5.75 Å². The number of methoxy groups -OCH3 is 1. The molecule has 0 atom stereocenters. The van der Waals surface area contributed by atoms with Crippen LogP contribution < -0.4 is 15.8 Å². The zero-order chi connectivity index (χ0) is 15.6. The number of nitrogen functional groups attached to an aromatic ring is 1. The molecule has 0 saturated carbocycles. The molecule has 7 heteroatoms. The van der Waals surface area contributed by atoms with Gasteiger partial charge in [0, 0.05) is 19.0 Å². The summed E-state index contributed by atoms with van der Waals surface area (Å²) in [6.45, 7) is 0. The highest BCUT2D eigenvalue weighted by molar-refractivity contribution is 9.11. The highest BCUT2D eigenvalue weighted by Crippen LogP contribution is 2.34. The number of nitrogens with two attached hydrogens (primary N) is 1. The Bertz CT molecular complexity index is 682. The Morgan fingerprint density at radius 3 is 2.33 bits per heavy atom. The molecule has 0 spiro atoms. The van der Waals surface area contributed by atoms with E-state index in [0.29, 0.717) is 22.7 Å². The molecule has 1 amide bonds. The number of ether oxygens (including phenoxy) is 1. The lowest BCUT2D eigenvalue weighted by atomic mass is 10.1. The maximum atomic E-state index is 12.3. The van der Waals surface area contributed by atoms with Gasteiger partial charge in [-0.15, -0.1) is 0 Å². The Balaban J connectivity index is 2.30. The average Bonchev–Trinajstić information content (AvgIpc) is 2.43. The Kier molecular flexibility index (Phi) is 5.29. The summed E-state index contributed by atoms with van der Waals surface area (Å²) in [5.41, 5.74) is 7.34. The van der Waals surface area contributed by atoms with Gasteiger partial charge in [0.25, 0.3) is 5.91 Å². The molecule has 0 aliphatic carbocycles. The predicted molar refractivity (Wildman–Crippen MR) is 94.9 cm³/mol. The molecule has 3 N–H and O–H groups in total. The smallest absolute Gasteiger partial charge is 0.255 e. The number of hydrogen-bond donors (Lipinski definition) is 2. The van der Waals surface area contributed by atoms with Gasteiger partial charge in [-0.25, -0.2) is 0 Å². The Labute approximate surface area is 147 Å². The second-order valence-electron chi connectivity index (χ2n) is 4.16. The fourth-order valence-corrected chi connectivity index (χ4v) is 4.16. The number of carbonyl (C=O) groups is 1. The van der Waals surface area contributed by atoms with E-state index < -0.39 is 0 Å². The van der Waals surface area contributed by atoms with Gasteiger partial charge in [-0.1, -0.05) is 15.9 Å². The molecule has 110 valence electrons. The summed E-state index contributed by atoms with van der Waals surface area (Å²) >= 11 is 10.2. The van der Waals surface area contributed by atoms with Crippen molar-refractivity contribution in [3.8, 4) is 5.75 Å². The fraction of sp³-hybridized carbons (Fsp3) is 0.0714. The van der Waals surface area contributed by atoms with Crippen LogP contribution in [-0.4, -0.2) is 13.0 Å². The first-order valence-corrected chi connectivity index (χ1v) is 8.19. The molecule has 0 unspecified atom stereocenters. The predicted octanol–water partition coefficient (Wildman–Crippen LogP) is 4.82. The van der Waals surface area contributed by atoms with Crippen LogP contribution in [0.4, 0.5) is 11.4 Å². The van der Waals surface area contributed by atoms with Crippen LogP contribution >= 0.6 is 47.8 Å². The van der Waals surface area contributed by atoms with Gasteiger partial charge in [-0.05, 0) is 62.2 Å². The van der Waals surface area contributed by atoms with Crippen molar-refractivity contribution < 1.29 is 9.53 Å². The summed E-state index contributed by atoms with van der Waals surface area (Å²) in [5, 5.41) is 2.84. The lowest BCUT2D eigenvalue weighted by molar-refractivity contribution is 0.102. The third-order valence-electron chi connectivity index (χ3n) is 2.74. The Morgan fingerprint density at radius 1 is 1.14 bits per heavy atom. The fourth-order valence-electron chi connectivity index (χ4n) is 1.70. The van der Waals surface area contributed by atoms with Crippen molar-refractivity contribution in [3.63, 3.8) is 0 Å². The average molecular weight is 479 g/mol. The van der Waals surface area contributed by atoms with Crippen molar-refractivity contribution in [3.05, 3.63) is 49.3 Å². The van der Waals surface area contributed by atoms with E-state index in [1.807, 2.05) is 12.1 Å². The van der Waals surface area contributed by atoms with Gasteiger partial charge in [0.05, 0.1) is 18.5 Å². The topological polar surface area (TPSA) is 64.3 Å². The summed E-state index contributed by atoms with van der Waals surface area (Å²) in [5.74, 6) is 0.216. The van der Waals surface area contributed by atoms with Gasteiger partial charge in [0.15, 0.2) is 0 Å². The lowest BCUT2D eigenvalue weighted by Gasteiger charge is -2.11. The number of rotatable bonds is 3. The van der Waals surface area contributed by atoms with E-state index in [4.69, 9.17) is 10.5 Å². The monoisotopic (exact) mass is 476 g/mol. The first kappa shape index (κ1) is 16.3. The van der Waals surface area contributed by atoms with Crippen LogP contribution in [-0.2, 0) is 0 Å². The van der Waals surface area contributed by atoms with E-state index in [0.717, 1.165) is 13.4 Å². The highest BCUT2D eigenvalue weighted by Gasteiger charge is 2.13. The van der Waals surface area contributed by atoms with E-state index in [1.54, 1.807) is 18.2 Å². The minimum atomic E-state index is -0.253. The van der Waals surface area contributed by atoms with Gasteiger partial charge in [-0.3, -0.25) is 4.79 Å². The molecule has 2 aromatic carbocycles. The Morgan fingerprint density at radius 2 is 1.76 bits per heavy atom. The minimum Gasteiger partial charge on any atom is -0.495 e. The molecule has 2 aromatic rings. The van der Waals surface area contributed by atoms with Crippen LogP contribution in [0.3, 0.4) is 0 Å². The molecule has 0 aliphatic rings. The van der Waals surface area contributed by atoms with Crippen molar-refractivity contribution in [1.82, 2.24) is 0 Å². The number of amides is 1. The summed E-state index contributed by atoms with van der Waals surface area (Å²) in [7, 11) is 1.51. The van der Waals surface area contributed by atoms with E-state index in [2.05, 4.69) is 53.1 Å². The van der Waals surface area contributed by atoms with Crippen molar-refractivity contribution in [2.24, 2.45) is 0 Å². The number of hydrogen-bond acceptors (Lipinski definition) is 3. The number of carbonyl (C=O) groups excluding carboxylic acids is 1. The largest absolute Gasteiger partial charge is 0.495 e. The molecule has 0 saturated heterocycles. The first-order valence-electron chi connectivity index (χ1n) is 5.81. The zero-order valence-electron chi connectivity index (χ0n) is 10.9. The van der Waals surface area contributed by atoms with Crippen molar-refractivity contribution in [2.75, 3.05) is 18.2 Å². The molecule has 0 bridgehead atoms. The van der Waals surface area contributed by atoms with Crippen LogP contribution in [0.25, 0.3) is 0 Å². The van der Waals surface area contributed by atoms with E-state index in [-0.39, 0.29) is 5.91 Å². The van der Waals surface area contributed by atoms with E-state index >= 15 is 0 Å². The number of nitrogens with one attached hydrogen (secondary N) is 1. The van der Waals surface area contributed by atoms with E-state index in [1.165, 1.54) is 7.11 Å². The van der Waals surface area contributed by atoms with Gasteiger partial charge < -0.3 is 15.8 Å². The van der Waals surface area contributed by atoms with Crippen LogP contribution in [0.15, 0.2) is 43.7 Å². The van der Waals surface area contributed by atoms with Gasteiger partial charge in [-0.2, -0.15) is 0 Å². The van der Waals surface area contributed by atoms with Crippen molar-refractivity contribution in [2.45, 2.75) is 0 Å². The number of anilines is 2. The molecule has 4 nitrogen and oxygen atoms in total. The normalized spacial score (nSPS) is 10.3. The highest BCUT2D eigenvalue weighted by atomic mass is 79.9. The molecule has 0 heterocycles. The molecular weight excluding hydrogens is 468 g/mol. The number of halogens is 3. The van der Waals surface area contributed by atoms with Crippen LogP contribution in [0.5, 0.6) is 5.75 Å². The SMILES string of the molecule is COc1cc(C(=O)Nc2c(Br)cc(Br)cc2Br)ccc1N. The quantitative estimate of drug-likeness (QED) is 0.622. The molecule has 0 fully saturated rings. The van der Waals surface area contributed by atoms with Crippen LogP contribution in [0, 0.1) is 0 Å². The third kappa shape index (κ3) is 3.78. The maximum absolute atomic E-state index is 12.3. The first-order chi connectivity index (χ1) is 9.92. The maximum Gasteiger partial charge on any atom is 0.255 e. The summed E-state index contributed by atoms with van der Waals surface area (Å²) in [4.78, 5) is 12.3. The number of benzene rings is 2. The molecule has 21 heavy (non-hydrogen) atoms. The molecule has 0 radical (unpaired) electrons. The van der Waals surface area contributed by atoms with Gasteiger partial charge in [0.2, 0.25) is 0 Å². The van der Waals surface area contributed by atoms with E-state index in [9.17, 15) is 4.79 Å². The third-order valence-corrected chi connectivity index (χ3v) is 4.45. The second-order valence-corrected chi connectivity index (χ2v) is 6.78. The standard InChI is InChI=1S/C14H11Br3N2O2/c1-21-12-4-7(2-3-11(12)18)14(20)19-13-9(16)5-8(15)6-10(13)17/h2-6H,18H2,1H3,(H,19,20). The lowest BCUT2D eigenvalue weighted by Crippen LogP contribution is -2.13. The molecule has 0 aromatic heterocycles. The Hall–Kier alpha value is -1.05. The van der Waals surface area contributed by atoms with Crippen LogP contribution in [0.1, 0.15) is 10.4 Å². The van der Waals surface area contributed by atoms with Crippen molar-refractivity contribution >= 4 is 65.1 Å². The molecule has 2 rings (SSSR count). The van der Waals surface area contributed by atoms with Crippen LogP contribution in [0.2, 0.25) is 0 Å². The summed E-state index contributed by atoms with van der Waals surface area (Å²) in [6, 6.07) is 8.59.